The average Bonchev–Trinajstić information content (AvgIpc) is 2.47. The summed E-state index contributed by atoms with van der Waals surface area (Å²) in [5.41, 5.74) is 1.68. The maximum absolute atomic E-state index is 12.7. The Morgan fingerprint density at radius 2 is 1.82 bits per heavy atom. The number of hydrogen-bond acceptors (Lipinski definition) is 2. The number of aliphatic hydroxyl groups excluding tert-OH is 1. The lowest BCUT2D eigenvalue weighted by molar-refractivity contribution is -0.123. The minimum absolute atomic E-state index is 0.111. The molecule has 0 heterocycles. The summed E-state index contributed by atoms with van der Waals surface area (Å²) in [5, 5.41) is 12.6. The number of aliphatic hydroxyl groups is 1. The number of rotatable bonds is 4. The van der Waals surface area contributed by atoms with Crippen LogP contribution in [0.3, 0.4) is 0 Å². The second-order valence-electron chi connectivity index (χ2n) is 7.22. The quantitative estimate of drug-likeness (QED) is 0.867. The molecule has 1 amide bonds. The van der Waals surface area contributed by atoms with Crippen LogP contribution in [0.4, 0.5) is 5.69 Å². The average molecular weight is 303 g/mol. The summed E-state index contributed by atoms with van der Waals surface area (Å²) in [6.45, 7) is 8.43. The number of anilines is 1. The number of benzene rings is 1. The number of carbonyl (C=O) groups is 1. The predicted octanol–water partition coefficient (Wildman–Crippen LogP) is 4.39. The Labute approximate surface area is 134 Å². The first-order valence-corrected chi connectivity index (χ1v) is 8.47. The molecule has 1 aromatic carbocycles. The van der Waals surface area contributed by atoms with E-state index in [0.29, 0.717) is 17.8 Å². The summed E-state index contributed by atoms with van der Waals surface area (Å²) >= 11 is 0. The molecule has 3 heteroatoms. The van der Waals surface area contributed by atoms with Gasteiger partial charge in [-0.05, 0) is 55.2 Å². The highest BCUT2D eigenvalue weighted by Gasteiger charge is 2.35. The summed E-state index contributed by atoms with van der Waals surface area (Å²) in [4.78, 5) is 12.7. The van der Waals surface area contributed by atoms with Crippen molar-refractivity contribution in [2.45, 2.75) is 53.1 Å². The van der Waals surface area contributed by atoms with Crippen LogP contribution in [-0.2, 0) is 4.79 Å². The Balaban J connectivity index is 2.05. The first-order chi connectivity index (χ1) is 10.4. The maximum atomic E-state index is 12.7. The molecule has 1 saturated carbocycles. The molecule has 0 bridgehead atoms. The molecule has 22 heavy (non-hydrogen) atoms. The van der Waals surface area contributed by atoms with Crippen molar-refractivity contribution in [1.29, 1.82) is 0 Å². The second kappa shape index (κ2) is 7.28. The lowest BCUT2D eigenvalue weighted by atomic mass is 9.70. The number of carbonyl (C=O) groups excluding carboxylic acids is 1. The van der Waals surface area contributed by atoms with Crippen molar-refractivity contribution in [3.05, 3.63) is 29.8 Å². The fourth-order valence-electron chi connectivity index (χ4n) is 3.58. The molecule has 3 unspecified atom stereocenters. The van der Waals surface area contributed by atoms with E-state index in [4.69, 9.17) is 0 Å². The third kappa shape index (κ3) is 4.10. The van der Waals surface area contributed by atoms with Gasteiger partial charge < -0.3 is 10.4 Å². The molecule has 0 aliphatic heterocycles. The number of hydrogen-bond donors (Lipinski definition) is 2. The first kappa shape index (κ1) is 17.0. The van der Waals surface area contributed by atoms with E-state index in [1.807, 2.05) is 24.3 Å². The van der Waals surface area contributed by atoms with Crippen LogP contribution in [-0.4, -0.2) is 11.0 Å². The van der Waals surface area contributed by atoms with Crippen molar-refractivity contribution in [3.63, 3.8) is 0 Å². The smallest absolute Gasteiger partial charge is 0.227 e. The third-order valence-electron chi connectivity index (χ3n) is 5.02. The second-order valence-corrected chi connectivity index (χ2v) is 7.22. The molecule has 2 rings (SSSR count). The van der Waals surface area contributed by atoms with Gasteiger partial charge >= 0.3 is 0 Å². The lowest BCUT2D eigenvalue weighted by Gasteiger charge is -2.36. The van der Waals surface area contributed by atoms with Gasteiger partial charge in [-0.1, -0.05) is 39.3 Å². The van der Waals surface area contributed by atoms with Crippen LogP contribution in [0.5, 0.6) is 0 Å². The fourth-order valence-corrected chi connectivity index (χ4v) is 3.58. The molecule has 1 aromatic rings. The van der Waals surface area contributed by atoms with Gasteiger partial charge in [0, 0.05) is 11.6 Å². The Morgan fingerprint density at radius 3 is 2.36 bits per heavy atom. The highest BCUT2D eigenvalue weighted by Crippen LogP contribution is 2.38. The Bertz CT molecular complexity index is 493. The molecule has 1 aliphatic carbocycles. The van der Waals surface area contributed by atoms with E-state index in [0.717, 1.165) is 24.1 Å². The van der Waals surface area contributed by atoms with E-state index in [1.54, 1.807) is 6.92 Å². The van der Waals surface area contributed by atoms with Gasteiger partial charge in [0.15, 0.2) is 0 Å². The summed E-state index contributed by atoms with van der Waals surface area (Å²) < 4.78 is 0. The van der Waals surface area contributed by atoms with Gasteiger partial charge in [0.2, 0.25) is 5.91 Å². The van der Waals surface area contributed by atoms with Gasteiger partial charge in [-0.25, -0.2) is 0 Å². The third-order valence-corrected chi connectivity index (χ3v) is 5.02. The molecule has 0 radical (unpaired) electrons. The first-order valence-electron chi connectivity index (χ1n) is 8.47. The predicted molar refractivity (Wildman–Crippen MR) is 90.5 cm³/mol. The van der Waals surface area contributed by atoms with Crippen LogP contribution < -0.4 is 5.32 Å². The van der Waals surface area contributed by atoms with Gasteiger partial charge in [0.25, 0.3) is 0 Å². The van der Waals surface area contributed by atoms with E-state index in [9.17, 15) is 9.90 Å². The molecule has 0 aromatic heterocycles. The molecule has 122 valence electrons. The molecular formula is C19H29NO2. The van der Waals surface area contributed by atoms with Crippen molar-refractivity contribution in [1.82, 2.24) is 0 Å². The van der Waals surface area contributed by atoms with Gasteiger partial charge in [0.1, 0.15) is 0 Å². The SMILES string of the molecule is CC1CCC(C(C)C)[C@H](C(=O)Nc2ccc(C(C)O)cc2)C1. The summed E-state index contributed by atoms with van der Waals surface area (Å²) in [6.07, 6.45) is 2.89. The van der Waals surface area contributed by atoms with Crippen molar-refractivity contribution in [2.75, 3.05) is 5.32 Å². The Hall–Kier alpha value is -1.35. The standard InChI is InChI=1S/C19H29NO2/c1-12(2)17-10-5-13(3)11-18(17)19(22)20-16-8-6-15(7-9-16)14(4)21/h6-9,12-14,17-18,21H,5,10-11H2,1-4H3,(H,20,22)/t13?,14?,17?,18-/m1/s1. The normalized spacial score (nSPS) is 26.7. The van der Waals surface area contributed by atoms with Gasteiger partial charge in [-0.3, -0.25) is 4.79 Å². The Morgan fingerprint density at radius 1 is 1.18 bits per heavy atom. The van der Waals surface area contributed by atoms with Gasteiger partial charge in [-0.15, -0.1) is 0 Å². The van der Waals surface area contributed by atoms with E-state index in [1.165, 1.54) is 6.42 Å². The fraction of sp³-hybridized carbons (Fsp3) is 0.632. The zero-order valence-corrected chi connectivity index (χ0v) is 14.2. The molecular weight excluding hydrogens is 274 g/mol. The van der Waals surface area contributed by atoms with Crippen molar-refractivity contribution >= 4 is 11.6 Å². The van der Waals surface area contributed by atoms with Crippen molar-refractivity contribution in [3.8, 4) is 0 Å². The largest absolute Gasteiger partial charge is 0.389 e. The topological polar surface area (TPSA) is 49.3 Å². The minimum atomic E-state index is -0.478. The highest BCUT2D eigenvalue weighted by atomic mass is 16.3. The molecule has 0 spiro atoms. The van der Waals surface area contributed by atoms with Crippen molar-refractivity contribution in [2.24, 2.45) is 23.7 Å². The van der Waals surface area contributed by atoms with Crippen LogP contribution in [0.15, 0.2) is 24.3 Å². The van der Waals surface area contributed by atoms with Crippen LogP contribution >= 0.6 is 0 Å². The molecule has 4 atom stereocenters. The van der Waals surface area contributed by atoms with E-state index in [-0.39, 0.29) is 11.8 Å². The zero-order chi connectivity index (χ0) is 16.3. The molecule has 2 N–H and O–H groups in total. The van der Waals surface area contributed by atoms with Gasteiger partial charge in [0.05, 0.1) is 6.10 Å². The summed E-state index contributed by atoms with van der Waals surface area (Å²) in [6, 6.07) is 7.47. The van der Waals surface area contributed by atoms with E-state index in [2.05, 4.69) is 26.1 Å². The van der Waals surface area contributed by atoms with E-state index < -0.39 is 6.10 Å². The summed E-state index contributed by atoms with van der Waals surface area (Å²) in [7, 11) is 0. The highest BCUT2D eigenvalue weighted by molar-refractivity contribution is 5.92. The van der Waals surface area contributed by atoms with Crippen LogP contribution in [0.1, 0.15) is 58.6 Å². The lowest BCUT2D eigenvalue weighted by Crippen LogP contribution is -2.36. The number of amides is 1. The molecule has 1 fully saturated rings. The molecule has 1 aliphatic rings. The van der Waals surface area contributed by atoms with E-state index >= 15 is 0 Å². The monoisotopic (exact) mass is 303 g/mol. The van der Waals surface area contributed by atoms with Crippen LogP contribution in [0, 0.1) is 23.7 Å². The molecule has 0 saturated heterocycles. The minimum Gasteiger partial charge on any atom is -0.389 e. The molecule has 3 nitrogen and oxygen atoms in total. The van der Waals surface area contributed by atoms with Crippen LogP contribution in [0.25, 0.3) is 0 Å². The Kier molecular flexibility index (Phi) is 5.63. The van der Waals surface area contributed by atoms with Gasteiger partial charge in [-0.2, -0.15) is 0 Å². The van der Waals surface area contributed by atoms with Crippen molar-refractivity contribution < 1.29 is 9.90 Å². The van der Waals surface area contributed by atoms with Crippen LogP contribution in [0.2, 0.25) is 0 Å². The maximum Gasteiger partial charge on any atom is 0.227 e. The summed E-state index contributed by atoms with van der Waals surface area (Å²) in [5.74, 6) is 1.91. The number of nitrogens with one attached hydrogen (secondary N) is 1. The zero-order valence-electron chi connectivity index (χ0n) is 14.2.